The number of halogens is 1. The molecule has 4 heteroatoms. The lowest BCUT2D eigenvalue weighted by Gasteiger charge is -2.32. The van der Waals surface area contributed by atoms with Gasteiger partial charge >= 0.3 is 0 Å². The monoisotopic (exact) mass is 288 g/mol. The minimum Gasteiger partial charge on any atom is -0.352 e. The number of piperidine rings is 1. The van der Waals surface area contributed by atoms with Gasteiger partial charge in [0, 0.05) is 18.0 Å². The molecule has 2 unspecified atom stereocenters. The summed E-state index contributed by atoms with van der Waals surface area (Å²) in [4.78, 5) is 12.3. The second kappa shape index (κ2) is 8.80. The minimum absolute atomic E-state index is 0. The molecule has 0 aromatic carbocycles. The van der Waals surface area contributed by atoms with Crippen LogP contribution in [-0.2, 0) is 4.79 Å². The number of carbonyl (C=O) groups is 1. The zero-order chi connectivity index (χ0) is 12.8. The molecule has 2 aliphatic rings. The average molecular weight is 289 g/mol. The maximum Gasteiger partial charge on any atom is 0.223 e. The van der Waals surface area contributed by atoms with Crippen molar-refractivity contribution < 1.29 is 4.79 Å². The van der Waals surface area contributed by atoms with Gasteiger partial charge in [-0.3, -0.25) is 4.79 Å². The molecular formula is C15H29ClN2O. The van der Waals surface area contributed by atoms with Gasteiger partial charge in [0.25, 0.3) is 0 Å². The van der Waals surface area contributed by atoms with Crippen LogP contribution in [0, 0.1) is 5.92 Å². The predicted octanol–water partition coefficient (Wildman–Crippen LogP) is 3.03. The van der Waals surface area contributed by atoms with Crippen LogP contribution in [0.25, 0.3) is 0 Å². The van der Waals surface area contributed by atoms with Gasteiger partial charge in [-0.1, -0.05) is 32.1 Å². The molecule has 2 rings (SSSR count). The summed E-state index contributed by atoms with van der Waals surface area (Å²) in [7, 11) is 0. The summed E-state index contributed by atoms with van der Waals surface area (Å²) in [5, 5.41) is 6.73. The first-order chi connectivity index (χ1) is 8.77. The molecule has 1 saturated carbocycles. The van der Waals surface area contributed by atoms with Crippen LogP contribution in [0.4, 0.5) is 0 Å². The Bertz CT molecular complexity index is 265. The molecule has 1 heterocycles. The van der Waals surface area contributed by atoms with Gasteiger partial charge in [0.05, 0.1) is 0 Å². The summed E-state index contributed by atoms with van der Waals surface area (Å²) in [6.07, 6.45) is 11.0. The summed E-state index contributed by atoms with van der Waals surface area (Å²) in [6, 6.07) is 0.771. The Balaban J connectivity index is 0.00000180. The van der Waals surface area contributed by atoms with Gasteiger partial charge in [-0.2, -0.15) is 0 Å². The minimum atomic E-state index is 0. The highest BCUT2D eigenvalue weighted by Crippen LogP contribution is 2.23. The third kappa shape index (κ3) is 5.31. The Kier molecular flexibility index (Phi) is 7.77. The van der Waals surface area contributed by atoms with Crippen LogP contribution in [0.3, 0.4) is 0 Å². The molecule has 0 spiro atoms. The Morgan fingerprint density at radius 3 is 2.26 bits per heavy atom. The molecule has 2 atom stereocenters. The van der Waals surface area contributed by atoms with E-state index in [1.165, 1.54) is 38.5 Å². The van der Waals surface area contributed by atoms with Crippen LogP contribution in [0.1, 0.15) is 64.7 Å². The van der Waals surface area contributed by atoms with Gasteiger partial charge < -0.3 is 10.6 Å². The van der Waals surface area contributed by atoms with Crippen molar-refractivity contribution in [3.63, 3.8) is 0 Å². The van der Waals surface area contributed by atoms with Gasteiger partial charge in [-0.15, -0.1) is 12.4 Å². The first-order valence-electron chi connectivity index (χ1n) is 7.81. The Hall–Kier alpha value is -0.280. The quantitative estimate of drug-likeness (QED) is 0.820. The molecule has 1 aliphatic heterocycles. The summed E-state index contributed by atoms with van der Waals surface area (Å²) in [5.41, 5.74) is 0. The number of hydrogen-bond acceptors (Lipinski definition) is 2. The molecule has 19 heavy (non-hydrogen) atoms. The lowest BCUT2D eigenvalue weighted by molar-refractivity contribution is -0.126. The summed E-state index contributed by atoms with van der Waals surface area (Å²) >= 11 is 0. The topological polar surface area (TPSA) is 41.1 Å². The van der Waals surface area contributed by atoms with Gasteiger partial charge in [0.15, 0.2) is 0 Å². The summed E-state index contributed by atoms with van der Waals surface area (Å²) in [5.74, 6) is 0.594. The fourth-order valence-electron chi connectivity index (χ4n) is 3.26. The second-order valence-corrected chi connectivity index (χ2v) is 6.04. The maximum atomic E-state index is 12.3. The Morgan fingerprint density at radius 1 is 1.00 bits per heavy atom. The molecule has 0 aromatic rings. The van der Waals surface area contributed by atoms with E-state index in [9.17, 15) is 4.79 Å². The average Bonchev–Trinajstić information content (AvgIpc) is 2.31. The van der Waals surface area contributed by atoms with Crippen molar-refractivity contribution in [1.82, 2.24) is 10.6 Å². The molecule has 3 nitrogen and oxygen atoms in total. The Morgan fingerprint density at radius 2 is 1.63 bits per heavy atom. The fourth-order valence-corrected chi connectivity index (χ4v) is 3.26. The van der Waals surface area contributed by atoms with Crippen LogP contribution < -0.4 is 10.6 Å². The van der Waals surface area contributed by atoms with Gasteiger partial charge in [0.2, 0.25) is 5.91 Å². The number of rotatable bonds is 2. The predicted molar refractivity (Wildman–Crippen MR) is 81.7 cm³/mol. The van der Waals surface area contributed by atoms with E-state index in [-0.39, 0.29) is 18.3 Å². The highest BCUT2D eigenvalue weighted by molar-refractivity contribution is 5.85. The molecule has 2 N–H and O–H groups in total. The number of amides is 1. The van der Waals surface area contributed by atoms with E-state index in [0.717, 1.165) is 25.8 Å². The molecule has 2 fully saturated rings. The molecule has 0 bridgehead atoms. The van der Waals surface area contributed by atoms with Crippen molar-refractivity contribution in [3.8, 4) is 0 Å². The van der Waals surface area contributed by atoms with Crippen LogP contribution in [-0.4, -0.2) is 24.5 Å². The standard InChI is InChI=1S/C15H28N2O.ClH/c1-12-14(10-7-11-16-12)17-15(18)13-8-5-3-2-4-6-9-13;/h12-14,16H,2-11H2,1H3,(H,17,18);1H. The SMILES string of the molecule is CC1NCCCC1NC(=O)C1CCCCCCC1.Cl. The third-order valence-corrected chi connectivity index (χ3v) is 4.57. The Labute approximate surface area is 123 Å². The smallest absolute Gasteiger partial charge is 0.223 e. The third-order valence-electron chi connectivity index (χ3n) is 4.57. The molecule has 112 valence electrons. The molecule has 1 saturated heterocycles. The van der Waals surface area contributed by atoms with E-state index in [1.807, 2.05) is 0 Å². The van der Waals surface area contributed by atoms with E-state index >= 15 is 0 Å². The van der Waals surface area contributed by atoms with Crippen LogP contribution in [0.15, 0.2) is 0 Å². The molecule has 1 aliphatic carbocycles. The number of nitrogens with one attached hydrogen (secondary N) is 2. The summed E-state index contributed by atoms with van der Waals surface area (Å²) < 4.78 is 0. The fraction of sp³-hybridized carbons (Fsp3) is 0.933. The van der Waals surface area contributed by atoms with E-state index in [2.05, 4.69) is 17.6 Å². The van der Waals surface area contributed by atoms with Gasteiger partial charge in [-0.25, -0.2) is 0 Å². The second-order valence-electron chi connectivity index (χ2n) is 6.04. The van der Waals surface area contributed by atoms with E-state index < -0.39 is 0 Å². The molecular weight excluding hydrogens is 260 g/mol. The van der Waals surface area contributed by atoms with E-state index in [1.54, 1.807) is 0 Å². The summed E-state index contributed by atoms with van der Waals surface area (Å²) in [6.45, 7) is 3.28. The normalized spacial score (nSPS) is 29.7. The van der Waals surface area contributed by atoms with Crippen molar-refractivity contribution in [2.75, 3.05) is 6.54 Å². The van der Waals surface area contributed by atoms with Crippen molar-refractivity contribution in [1.29, 1.82) is 0 Å². The molecule has 1 amide bonds. The first-order valence-corrected chi connectivity index (χ1v) is 7.81. The maximum absolute atomic E-state index is 12.3. The highest BCUT2D eigenvalue weighted by atomic mass is 35.5. The van der Waals surface area contributed by atoms with Crippen molar-refractivity contribution in [2.45, 2.75) is 76.8 Å². The van der Waals surface area contributed by atoms with Crippen LogP contribution in [0.2, 0.25) is 0 Å². The largest absolute Gasteiger partial charge is 0.352 e. The van der Waals surface area contributed by atoms with Crippen molar-refractivity contribution >= 4 is 18.3 Å². The van der Waals surface area contributed by atoms with Crippen molar-refractivity contribution in [3.05, 3.63) is 0 Å². The lowest BCUT2D eigenvalue weighted by Crippen LogP contribution is -2.53. The zero-order valence-electron chi connectivity index (χ0n) is 12.1. The zero-order valence-corrected chi connectivity index (χ0v) is 12.9. The molecule has 0 radical (unpaired) electrons. The van der Waals surface area contributed by atoms with Gasteiger partial charge in [0.1, 0.15) is 0 Å². The first kappa shape index (κ1) is 16.8. The lowest BCUT2D eigenvalue weighted by atomic mass is 9.89. The number of carbonyl (C=O) groups excluding carboxylic acids is 1. The number of hydrogen-bond donors (Lipinski definition) is 2. The van der Waals surface area contributed by atoms with E-state index in [0.29, 0.717) is 18.0 Å². The van der Waals surface area contributed by atoms with Crippen LogP contribution in [0.5, 0.6) is 0 Å². The molecule has 0 aromatic heterocycles. The van der Waals surface area contributed by atoms with Crippen molar-refractivity contribution in [2.24, 2.45) is 5.92 Å². The van der Waals surface area contributed by atoms with Gasteiger partial charge in [-0.05, 0) is 39.2 Å². The highest BCUT2D eigenvalue weighted by Gasteiger charge is 2.26. The van der Waals surface area contributed by atoms with Crippen LogP contribution >= 0.6 is 12.4 Å². The van der Waals surface area contributed by atoms with E-state index in [4.69, 9.17) is 0 Å².